The van der Waals surface area contributed by atoms with Crippen LogP contribution in [0.5, 0.6) is 0 Å². The van der Waals surface area contributed by atoms with E-state index in [0.29, 0.717) is 0 Å². The van der Waals surface area contributed by atoms with E-state index in [-0.39, 0.29) is 49.9 Å². The Bertz CT molecular complexity index is 143. The Morgan fingerprint density at radius 2 is 0.875 bits per heavy atom. The molecule has 8 N–H and O–H groups in total. The maximum absolute atomic E-state index is 9.45. The topological polar surface area (TPSA) is 178 Å². The van der Waals surface area contributed by atoms with Crippen LogP contribution in [0.2, 0.25) is 0 Å². The van der Waals surface area contributed by atoms with Crippen LogP contribution in [-0.2, 0) is 48.5 Å². The van der Waals surface area contributed by atoms with Crippen LogP contribution in [0.4, 0.5) is 0 Å². The molecule has 0 fully saturated rings. The summed E-state index contributed by atoms with van der Waals surface area (Å²) in [5.41, 5.74) is 0. The second-order valence-corrected chi connectivity index (χ2v) is 2.03. The molecule has 0 heterocycles. The summed E-state index contributed by atoms with van der Waals surface area (Å²) in [6.07, 6.45) is -2.46. The standard InChI is InChI=1S/2C3H6O3.2H2O.2Zn/c2*1-2(4)3(5)6;;;;/h2*2,4H,1H3,(H,5,6);2*1H2;;. The molecule has 0 aliphatic rings. The van der Waals surface area contributed by atoms with Crippen molar-refractivity contribution in [1.29, 1.82) is 0 Å². The summed E-state index contributed by atoms with van der Waals surface area (Å²) in [5.74, 6) is -2.37. The smallest absolute Gasteiger partial charge is 0.332 e. The molecular weight excluding hydrogens is 331 g/mol. The van der Waals surface area contributed by atoms with E-state index in [4.69, 9.17) is 20.4 Å². The van der Waals surface area contributed by atoms with Crippen LogP contribution >= 0.6 is 0 Å². The summed E-state index contributed by atoms with van der Waals surface area (Å²) in [7, 11) is 0. The van der Waals surface area contributed by atoms with Gasteiger partial charge in [-0.1, -0.05) is 0 Å². The Morgan fingerprint density at radius 3 is 0.875 bits per heavy atom. The van der Waals surface area contributed by atoms with Gasteiger partial charge in [-0.25, -0.2) is 9.59 Å². The summed E-state index contributed by atoms with van der Waals surface area (Å²) >= 11 is 0. The van der Waals surface area contributed by atoms with Crippen LogP contribution in [0.1, 0.15) is 13.8 Å². The quantitative estimate of drug-likeness (QED) is 0.393. The molecule has 0 amide bonds. The van der Waals surface area contributed by atoms with Crippen LogP contribution in [0, 0.1) is 0 Å². The molecule has 0 aliphatic carbocycles. The fourth-order valence-corrected chi connectivity index (χ4v) is 0. The molecule has 2 unspecified atom stereocenters. The van der Waals surface area contributed by atoms with Gasteiger partial charge in [-0.05, 0) is 13.8 Å². The second kappa shape index (κ2) is 20.4. The summed E-state index contributed by atoms with van der Waals surface area (Å²) in [6.45, 7) is 2.39. The van der Waals surface area contributed by atoms with Crippen molar-refractivity contribution in [1.82, 2.24) is 0 Å². The first kappa shape index (κ1) is 36.0. The van der Waals surface area contributed by atoms with E-state index >= 15 is 0 Å². The van der Waals surface area contributed by atoms with Gasteiger partial charge in [0.15, 0.2) is 0 Å². The van der Waals surface area contributed by atoms with Gasteiger partial charge in [-0.2, -0.15) is 0 Å². The monoisotopic (exact) mass is 344 g/mol. The van der Waals surface area contributed by atoms with Gasteiger partial charge >= 0.3 is 11.9 Å². The number of aliphatic hydroxyl groups excluding tert-OH is 2. The summed E-state index contributed by atoms with van der Waals surface area (Å²) in [5, 5.41) is 31.5. The maximum atomic E-state index is 9.45. The first-order valence-corrected chi connectivity index (χ1v) is 3.10. The minimum Gasteiger partial charge on any atom is -0.479 e. The number of rotatable bonds is 2. The SMILES string of the molecule is CC(O)C(=O)O.CC(O)C(=O)O.O.O.[Zn].[Zn]. The zero-order valence-corrected chi connectivity index (χ0v) is 15.1. The van der Waals surface area contributed by atoms with Gasteiger partial charge in [0.2, 0.25) is 0 Å². The molecule has 0 bridgehead atoms. The van der Waals surface area contributed by atoms with Crippen LogP contribution in [0.3, 0.4) is 0 Å². The molecule has 0 aliphatic heterocycles. The summed E-state index contributed by atoms with van der Waals surface area (Å²) < 4.78 is 0. The zero-order valence-electron chi connectivity index (χ0n) is 9.17. The molecule has 0 saturated carbocycles. The molecule has 92 valence electrons. The molecule has 0 radical (unpaired) electrons. The Hall–Kier alpha value is 0.0268. The van der Waals surface area contributed by atoms with Crippen LogP contribution in [0.15, 0.2) is 0 Å². The molecule has 16 heavy (non-hydrogen) atoms. The van der Waals surface area contributed by atoms with E-state index < -0.39 is 24.1 Å². The third kappa shape index (κ3) is 36.9. The third-order valence-corrected chi connectivity index (χ3v) is 0.715. The summed E-state index contributed by atoms with van der Waals surface area (Å²) in [6, 6.07) is 0. The van der Waals surface area contributed by atoms with Crippen molar-refractivity contribution in [3.05, 3.63) is 0 Å². The van der Waals surface area contributed by atoms with Gasteiger partial charge in [-0.3, -0.25) is 0 Å². The predicted octanol–water partition coefficient (Wildman–Crippen LogP) is -2.75. The van der Waals surface area contributed by atoms with E-state index in [2.05, 4.69) is 0 Å². The average Bonchev–Trinajstić information content (AvgIpc) is 1.88. The van der Waals surface area contributed by atoms with Gasteiger partial charge in [0.05, 0.1) is 0 Å². The van der Waals surface area contributed by atoms with Crippen molar-refractivity contribution in [2.24, 2.45) is 0 Å². The van der Waals surface area contributed by atoms with E-state index in [1.807, 2.05) is 0 Å². The molecular formula is C6H16O8Zn2. The van der Waals surface area contributed by atoms with Crippen molar-refractivity contribution in [2.75, 3.05) is 0 Å². The van der Waals surface area contributed by atoms with Gasteiger partial charge < -0.3 is 31.4 Å². The fourth-order valence-electron chi connectivity index (χ4n) is 0. The molecule has 8 nitrogen and oxygen atoms in total. The third-order valence-electron chi connectivity index (χ3n) is 0.715. The first-order chi connectivity index (χ1) is 5.29. The molecule has 0 aromatic rings. The van der Waals surface area contributed by atoms with Gasteiger partial charge in [-0.15, -0.1) is 0 Å². The van der Waals surface area contributed by atoms with Gasteiger partial charge in [0.25, 0.3) is 0 Å². The minimum absolute atomic E-state index is 0. The largest absolute Gasteiger partial charge is 0.479 e. The first-order valence-electron chi connectivity index (χ1n) is 3.10. The van der Waals surface area contributed by atoms with E-state index in [1.165, 1.54) is 13.8 Å². The van der Waals surface area contributed by atoms with Crippen LogP contribution in [0.25, 0.3) is 0 Å². The molecule has 0 rings (SSSR count). The van der Waals surface area contributed by atoms with E-state index in [1.54, 1.807) is 0 Å². The Morgan fingerprint density at radius 1 is 0.812 bits per heavy atom. The number of carboxylic acid groups (broad SMARTS) is 2. The molecule has 10 heteroatoms. The molecule has 0 saturated heterocycles. The second-order valence-electron chi connectivity index (χ2n) is 2.03. The molecule has 2 atom stereocenters. The molecule has 0 aromatic heterocycles. The predicted molar refractivity (Wildman–Crippen MR) is 45.9 cm³/mol. The van der Waals surface area contributed by atoms with Crippen molar-refractivity contribution in [3.63, 3.8) is 0 Å². The number of aliphatic carboxylic acids is 2. The number of carboxylic acids is 2. The number of hydrogen-bond donors (Lipinski definition) is 4. The van der Waals surface area contributed by atoms with E-state index in [0.717, 1.165) is 0 Å². The Balaban J connectivity index is -0.0000000250. The van der Waals surface area contributed by atoms with Crippen LogP contribution < -0.4 is 0 Å². The van der Waals surface area contributed by atoms with Crippen molar-refractivity contribution < 1.29 is 79.9 Å². The normalized spacial score (nSPS) is 10.2. The van der Waals surface area contributed by atoms with E-state index in [9.17, 15) is 9.59 Å². The Kier molecular flexibility index (Phi) is 46.0. The fraction of sp³-hybridized carbons (Fsp3) is 0.667. The van der Waals surface area contributed by atoms with Crippen molar-refractivity contribution in [3.8, 4) is 0 Å². The molecule has 0 aromatic carbocycles. The van der Waals surface area contributed by atoms with Crippen molar-refractivity contribution >= 4 is 11.9 Å². The molecule has 0 spiro atoms. The van der Waals surface area contributed by atoms with Crippen LogP contribution in [-0.4, -0.2) is 55.5 Å². The summed E-state index contributed by atoms with van der Waals surface area (Å²) in [4.78, 5) is 18.9. The maximum Gasteiger partial charge on any atom is 0.332 e. The van der Waals surface area contributed by atoms with Gasteiger partial charge in [0, 0.05) is 39.0 Å². The average molecular weight is 347 g/mol. The number of carbonyl (C=O) groups is 2. The number of hydrogen-bond acceptors (Lipinski definition) is 4. The minimum atomic E-state index is -1.23. The zero-order chi connectivity index (χ0) is 10.3. The van der Waals surface area contributed by atoms with Gasteiger partial charge in [0.1, 0.15) is 12.2 Å². The van der Waals surface area contributed by atoms with Crippen molar-refractivity contribution in [2.45, 2.75) is 26.1 Å². The number of aliphatic hydroxyl groups is 2. The Labute approximate surface area is 118 Å².